The van der Waals surface area contributed by atoms with Gasteiger partial charge in [-0.1, -0.05) is 12.5 Å². The van der Waals surface area contributed by atoms with Crippen LogP contribution in [0.1, 0.15) is 44.6 Å². The highest BCUT2D eigenvalue weighted by molar-refractivity contribution is 5.59. The summed E-state index contributed by atoms with van der Waals surface area (Å²) in [5.74, 6) is 1.04. The summed E-state index contributed by atoms with van der Waals surface area (Å²) in [5.41, 5.74) is 2.69. The van der Waals surface area contributed by atoms with E-state index in [1.165, 1.54) is 43.4 Å². The normalized spacial score (nSPS) is 24.2. The Morgan fingerprint density at radius 2 is 2.00 bits per heavy atom. The van der Waals surface area contributed by atoms with Crippen LogP contribution >= 0.6 is 0 Å². The second-order valence-electron chi connectivity index (χ2n) is 5.45. The Bertz CT molecular complexity index is 396. The monoisotopic (exact) mass is 231 g/mol. The molecule has 0 radical (unpaired) electrons. The number of anilines is 1. The molecule has 17 heavy (non-hydrogen) atoms. The average Bonchev–Trinajstić information content (AvgIpc) is 2.70. The maximum Gasteiger partial charge on any atom is 0.121 e. The third-order valence-corrected chi connectivity index (χ3v) is 3.86. The summed E-state index contributed by atoms with van der Waals surface area (Å²) in [6, 6.07) is 7.08. The Balaban J connectivity index is 1.69. The highest BCUT2D eigenvalue weighted by Gasteiger charge is 2.19. The van der Waals surface area contributed by atoms with Crippen LogP contribution in [0.15, 0.2) is 18.2 Å². The maximum atomic E-state index is 6.08. The number of hydrogen-bond acceptors (Lipinski definition) is 2. The SMILES string of the molecule is CC1Cc2ccc(OC3CCCCC3)cc2N1. The van der Waals surface area contributed by atoms with E-state index in [9.17, 15) is 0 Å². The van der Waals surface area contributed by atoms with E-state index in [1.807, 2.05) is 0 Å². The first-order chi connectivity index (χ1) is 8.31. The van der Waals surface area contributed by atoms with Crippen molar-refractivity contribution in [2.75, 3.05) is 5.32 Å². The third-order valence-electron chi connectivity index (χ3n) is 3.86. The highest BCUT2D eigenvalue weighted by atomic mass is 16.5. The standard InChI is InChI=1S/C15H21NO/c1-11-9-12-7-8-14(10-15(12)16-11)17-13-5-3-2-4-6-13/h7-8,10-11,13,16H,2-6,9H2,1H3. The van der Waals surface area contributed by atoms with Crippen LogP contribution in [0.3, 0.4) is 0 Å². The van der Waals surface area contributed by atoms with Gasteiger partial charge in [-0.25, -0.2) is 0 Å². The highest BCUT2D eigenvalue weighted by Crippen LogP contribution is 2.31. The minimum Gasteiger partial charge on any atom is -0.490 e. The summed E-state index contributed by atoms with van der Waals surface area (Å²) in [5, 5.41) is 3.49. The van der Waals surface area contributed by atoms with Gasteiger partial charge in [-0.05, 0) is 50.7 Å². The molecule has 1 saturated carbocycles. The van der Waals surface area contributed by atoms with Gasteiger partial charge >= 0.3 is 0 Å². The fourth-order valence-electron chi connectivity index (χ4n) is 2.96. The Morgan fingerprint density at radius 3 is 2.82 bits per heavy atom. The van der Waals surface area contributed by atoms with Gasteiger partial charge in [0.05, 0.1) is 6.10 Å². The molecule has 3 rings (SSSR count). The summed E-state index contributed by atoms with van der Waals surface area (Å²) in [6.45, 7) is 2.22. The zero-order valence-corrected chi connectivity index (χ0v) is 10.5. The molecule has 92 valence electrons. The van der Waals surface area contributed by atoms with E-state index in [-0.39, 0.29) is 0 Å². The minimum atomic E-state index is 0.445. The summed E-state index contributed by atoms with van der Waals surface area (Å²) in [4.78, 5) is 0. The molecular formula is C15H21NO. The predicted octanol–water partition coefficient (Wildman–Crippen LogP) is 3.75. The van der Waals surface area contributed by atoms with Crippen molar-refractivity contribution in [1.82, 2.24) is 0 Å². The number of nitrogens with one attached hydrogen (secondary N) is 1. The molecule has 1 N–H and O–H groups in total. The number of rotatable bonds is 2. The quantitative estimate of drug-likeness (QED) is 0.837. The molecular weight excluding hydrogens is 210 g/mol. The van der Waals surface area contributed by atoms with Crippen LogP contribution in [0.4, 0.5) is 5.69 Å². The van der Waals surface area contributed by atoms with Gasteiger partial charge in [-0.2, -0.15) is 0 Å². The van der Waals surface area contributed by atoms with E-state index < -0.39 is 0 Å². The van der Waals surface area contributed by atoms with Crippen molar-refractivity contribution in [3.8, 4) is 5.75 Å². The lowest BCUT2D eigenvalue weighted by molar-refractivity contribution is 0.155. The van der Waals surface area contributed by atoms with Crippen molar-refractivity contribution in [2.45, 2.75) is 57.6 Å². The summed E-state index contributed by atoms with van der Waals surface area (Å²) < 4.78 is 6.08. The Kier molecular flexibility index (Phi) is 2.96. The van der Waals surface area contributed by atoms with Crippen LogP contribution in [-0.2, 0) is 6.42 Å². The zero-order chi connectivity index (χ0) is 11.7. The largest absolute Gasteiger partial charge is 0.490 e. The Morgan fingerprint density at radius 1 is 1.18 bits per heavy atom. The molecule has 1 aliphatic carbocycles. The van der Waals surface area contributed by atoms with Crippen molar-refractivity contribution in [3.05, 3.63) is 23.8 Å². The molecule has 1 atom stereocenters. The number of benzene rings is 1. The molecule has 2 heteroatoms. The molecule has 0 spiro atoms. The molecule has 1 aromatic carbocycles. The van der Waals surface area contributed by atoms with Gasteiger partial charge < -0.3 is 10.1 Å². The van der Waals surface area contributed by atoms with Gasteiger partial charge in [0.1, 0.15) is 5.75 Å². The van der Waals surface area contributed by atoms with E-state index in [0.717, 1.165) is 12.2 Å². The van der Waals surface area contributed by atoms with Crippen LogP contribution in [0.25, 0.3) is 0 Å². The zero-order valence-electron chi connectivity index (χ0n) is 10.5. The minimum absolute atomic E-state index is 0.445. The van der Waals surface area contributed by atoms with Crippen molar-refractivity contribution in [1.29, 1.82) is 0 Å². The van der Waals surface area contributed by atoms with Crippen molar-refractivity contribution >= 4 is 5.69 Å². The van der Waals surface area contributed by atoms with Crippen LogP contribution < -0.4 is 10.1 Å². The number of fused-ring (bicyclic) bond motifs is 1. The van der Waals surface area contributed by atoms with Gasteiger partial charge in [-0.15, -0.1) is 0 Å². The molecule has 0 bridgehead atoms. The molecule has 1 aromatic rings. The second-order valence-corrected chi connectivity index (χ2v) is 5.45. The van der Waals surface area contributed by atoms with Crippen molar-refractivity contribution in [3.63, 3.8) is 0 Å². The smallest absolute Gasteiger partial charge is 0.121 e. The summed E-state index contributed by atoms with van der Waals surface area (Å²) in [6.07, 6.45) is 8.06. The van der Waals surface area contributed by atoms with Gasteiger partial charge in [0.25, 0.3) is 0 Å². The second kappa shape index (κ2) is 4.59. The molecule has 1 fully saturated rings. The van der Waals surface area contributed by atoms with Crippen LogP contribution in [0.2, 0.25) is 0 Å². The molecule has 2 aliphatic rings. The molecule has 2 nitrogen and oxygen atoms in total. The summed E-state index contributed by atoms with van der Waals surface area (Å²) in [7, 11) is 0. The van der Waals surface area contributed by atoms with E-state index in [1.54, 1.807) is 0 Å². The van der Waals surface area contributed by atoms with E-state index in [0.29, 0.717) is 12.1 Å². The van der Waals surface area contributed by atoms with Gasteiger partial charge in [0.2, 0.25) is 0 Å². The first kappa shape index (κ1) is 10.9. The van der Waals surface area contributed by atoms with Gasteiger partial charge in [-0.3, -0.25) is 0 Å². The van der Waals surface area contributed by atoms with Crippen LogP contribution in [-0.4, -0.2) is 12.1 Å². The first-order valence-corrected chi connectivity index (χ1v) is 6.87. The lowest BCUT2D eigenvalue weighted by atomic mass is 9.98. The van der Waals surface area contributed by atoms with E-state index in [2.05, 4.69) is 30.4 Å². The molecule has 0 saturated heterocycles. The lowest BCUT2D eigenvalue weighted by Gasteiger charge is -2.23. The average molecular weight is 231 g/mol. The van der Waals surface area contributed by atoms with Crippen LogP contribution in [0.5, 0.6) is 5.75 Å². The predicted molar refractivity (Wildman–Crippen MR) is 70.7 cm³/mol. The molecule has 1 unspecified atom stereocenters. The van der Waals surface area contributed by atoms with Crippen molar-refractivity contribution < 1.29 is 4.74 Å². The topological polar surface area (TPSA) is 21.3 Å². The lowest BCUT2D eigenvalue weighted by Crippen LogP contribution is -2.19. The molecule has 0 amide bonds. The Labute approximate surface area is 103 Å². The molecule has 1 heterocycles. The van der Waals surface area contributed by atoms with Crippen molar-refractivity contribution in [2.24, 2.45) is 0 Å². The molecule has 1 aliphatic heterocycles. The van der Waals surface area contributed by atoms with Crippen LogP contribution in [0, 0.1) is 0 Å². The maximum absolute atomic E-state index is 6.08. The number of ether oxygens (including phenoxy) is 1. The Hall–Kier alpha value is -1.18. The first-order valence-electron chi connectivity index (χ1n) is 6.87. The number of hydrogen-bond donors (Lipinski definition) is 1. The third kappa shape index (κ3) is 2.41. The van der Waals surface area contributed by atoms with E-state index >= 15 is 0 Å². The van der Waals surface area contributed by atoms with E-state index in [4.69, 9.17) is 4.74 Å². The fourth-order valence-corrected chi connectivity index (χ4v) is 2.96. The summed E-state index contributed by atoms with van der Waals surface area (Å²) >= 11 is 0. The van der Waals surface area contributed by atoms with Gasteiger partial charge in [0.15, 0.2) is 0 Å². The van der Waals surface area contributed by atoms with Gasteiger partial charge in [0, 0.05) is 17.8 Å². The molecule has 0 aromatic heterocycles. The fraction of sp³-hybridized carbons (Fsp3) is 0.600.